The minimum atomic E-state index is -4.02. The van der Waals surface area contributed by atoms with Crippen LogP contribution in [0, 0.1) is 6.92 Å². The first-order chi connectivity index (χ1) is 17.3. The van der Waals surface area contributed by atoms with Gasteiger partial charge in [0.15, 0.2) is 0 Å². The number of hydrogen-bond donors (Lipinski definition) is 2. The minimum absolute atomic E-state index is 0.0119. The molecule has 0 saturated carbocycles. The Morgan fingerprint density at radius 1 is 0.972 bits per heavy atom. The highest BCUT2D eigenvalue weighted by Gasteiger charge is 2.27. The van der Waals surface area contributed by atoms with Gasteiger partial charge in [0.25, 0.3) is 15.9 Å². The Labute approximate surface area is 211 Å². The summed E-state index contributed by atoms with van der Waals surface area (Å²) in [7, 11) is -4.02. The molecule has 3 aromatic carbocycles. The summed E-state index contributed by atoms with van der Waals surface area (Å²) in [6.07, 6.45) is 1.85. The molecule has 2 amide bonds. The number of hydrogen-bond acceptors (Lipinski definition) is 5. The normalized spacial score (nSPS) is 15.3. The molecule has 36 heavy (non-hydrogen) atoms. The van der Waals surface area contributed by atoms with Gasteiger partial charge >= 0.3 is 0 Å². The summed E-state index contributed by atoms with van der Waals surface area (Å²) in [5, 5.41) is 5.57. The molecule has 1 heterocycles. The summed E-state index contributed by atoms with van der Waals surface area (Å²) in [4.78, 5) is 26.0. The molecule has 8 nitrogen and oxygen atoms in total. The van der Waals surface area contributed by atoms with Gasteiger partial charge in [0.2, 0.25) is 5.91 Å². The molecule has 1 atom stereocenters. The molecule has 0 aromatic heterocycles. The third-order valence-electron chi connectivity index (χ3n) is 5.90. The topological polar surface area (TPSA) is 105 Å². The summed E-state index contributed by atoms with van der Waals surface area (Å²) in [6, 6.07) is 21.5. The fourth-order valence-electron chi connectivity index (χ4n) is 3.96. The van der Waals surface area contributed by atoms with Gasteiger partial charge < -0.3 is 15.4 Å². The summed E-state index contributed by atoms with van der Waals surface area (Å²) in [5.41, 5.74) is 1.87. The molecule has 188 valence electrons. The highest BCUT2D eigenvalue weighted by Crippen LogP contribution is 2.24. The van der Waals surface area contributed by atoms with Crippen molar-refractivity contribution in [2.45, 2.75) is 30.8 Å². The van der Waals surface area contributed by atoms with Crippen LogP contribution in [-0.2, 0) is 19.6 Å². The maximum absolute atomic E-state index is 13.5. The van der Waals surface area contributed by atoms with Crippen LogP contribution in [0.3, 0.4) is 0 Å². The standard InChI is InChI=1S/C27H29N3O5S/c1-20-13-15-23(16-14-20)36(33,34)30(21-8-3-2-4-9-21)19-26(31)29-25-12-6-5-11-24(25)27(32)28-18-22-10-7-17-35-22/h2-6,8-9,11-16,22H,7,10,17-19H2,1H3,(H,28,32)(H,29,31)/t22-/m1/s1. The number of amides is 2. The van der Waals surface area contributed by atoms with Gasteiger partial charge in [-0.1, -0.05) is 48.0 Å². The molecule has 1 aliphatic rings. The Bertz CT molecular complexity index is 1300. The molecule has 2 N–H and O–H groups in total. The fourth-order valence-corrected chi connectivity index (χ4v) is 5.39. The van der Waals surface area contributed by atoms with E-state index in [0.717, 1.165) is 22.7 Å². The first-order valence-electron chi connectivity index (χ1n) is 11.8. The van der Waals surface area contributed by atoms with Gasteiger partial charge in [0, 0.05) is 13.2 Å². The van der Waals surface area contributed by atoms with Gasteiger partial charge in [-0.3, -0.25) is 13.9 Å². The first-order valence-corrected chi connectivity index (χ1v) is 13.2. The van der Waals surface area contributed by atoms with Crippen molar-refractivity contribution in [3.8, 4) is 0 Å². The molecular weight excluding hydrogens is 478 g/mol. The smallest absolute Gasteiger partial charge is 0.264 e. The Morgan fingerprint density at radius 3 is 2.36 bits per heavy atom. The van der Waals surface area contributed by atoms with Crippen molar-refractivity contribution >= 4 is 33.2 Å². The van der Waals surface area contributed by atoms with E-state index in [9.17, 15) is 18.0 Å². The van der Waals surface area contributed by atoms with E-state index in [1.807, 2.05) is 6.92 Å². The van der Waals surface area contributed by atoms with Crippen molar-refractivity contribution in [3.63, 3.8) is 0 Å². The van der Waals surface area contributed by atoms with Crippen molar-refractivity contribution in [2.24, 2.45) is 0 Å². The minimum Gasteiger partial charge on any atom is -0.376 e. The molecule has 3 aromatic rings. The van der Waals surface area contributed by atoms with Crippen LogP contribution < -0.4 is 14.9 Å². The fraction of sp³-hybridized carbons (Fsp3) is 0.259. The molecule has 1 fully saturated rings. The van der Waals surface area contributed by atoms with Crippen molar-refractivity contribution in [3.05, 3.63) is 90.0 Å². The number of carbonyl (C=O) groups excluding carboxylic acids is 2. The number of anilines is 2. The average Bonchev–Trinajstić information content (AvgIpc) is 3.41. The van der Waals surface area contributed by atoms with Crippen molar-refractivity contribution in [2.75, 3.05) is 29.3 Å². The Kier molecular flexibility index (Phi) is 8.02. The second-order valence-electron chi connectivity index (χ2n) is 8.60. The number of benzene rings is 3. The quantitative estimate of drug-likeness (QED) is 0.459. The number of carbonyl (C=O) groups is 2. The van der Waals surface area contributed by atoms with Crippen molar-refractivity contribution in [1.29, 1.82) is 0 Å². The molecule has 1 saturated heterocycles. The van der Waals surface area contributed by atoms with E-state index in [1.54, 1.807) is 66.7 Å². The van der Waals surface area contributed by atoms with E-state index >= 15 is 0 Å². The number of nitrogens with one attached hydrogen (secondary N) is 2. The number of rotatable bonds is 9. The second-order valence-corrected chi connectivity index (χ2v) is 10.5. The van der Waals surface area contributed by atoms with Gasteiger partial charge in [-0.15, -0.1) is 0 Å². The number of ether oxygens (including phenoxy) is 1. The van der Waals surface area contributed by atoms with Gasteiger partial charge in [0.05, 0.1) is 27.9 Å². The van der Waals surface area contributed by atoms with Crippen LogP contribution in [0.25, 0.3) is 0 Å². The maximum atomic E-state index is 13.5. The monoisotopic (exact) mass is 507 g/mol. The van der Waals surface area contributed by atoms with E-state index in [4.69, 9.17) is 4.74 Å². The average molecular weight is 508 g/mol. The van der Waals surface area contributed by atoms with E-state index in [1.165, 1.54) is 12.1 Å². The molecule has 9 heteroatoms. The summed E-state index contributed by atoms with van der Waals surface area (Å²) in [6.45, 7) is 2.48. The largest absolute Gasteiger partial charge is 0.376 e. The Morgan fingerprint density at radius 2 is 1.67 bits per heavy atom. The SMILES string of the molecule is Cc1ccc(S(=O)(=O)N(CC(=O)Nc2ccccc2C(=O)NC[C@H]2CCCO2)c2ccccc2)cc1. The lowest BCUT2D eigenvalue weighted by Gasteiger charge is -2.24. The van der Waals surface area contributed by atoms with Gasteiger partial charge in [-0.05, 0) is 56.2 Å². The van der Waals surface area contributed by atoms with Crippen LogP contribution in [0.2, 0.25) is 0 Å². The Hall–Kier alpha value is -3.69. The van der Waals surface area contributed by atoms with Crippen LogP contribution in [-0.4, -0.2) is 46.0 Å². The molecule has 0 radical (unpaired) electrons. The van der Waals surface area contributed by atoms with Crippen LogP contribution in [0.15, 0.2) is 83.8 Å². The van der Waals surface area contributed by atoms with E-state index in [2.05, 4.69) is 10.6 Å². The zero-order chi connectivity index (χ0) is 25.5. The van der Waals surface area contributed by atoms with Gasteiger partial charge in [-0.25, -0.2) is 8.42 Å². The van der Waals surface area contributed by atoms with E-state index in [0.29, 0.717) is 24.5 Å². The first kappa shape index (κ1) is 25.4. The lowest BCUT2D eigenvalue weighted by atomic mass is 10.1. The number of nitrogens with zero attached hydrogens (tertiary/aromatic N) is 1. The number of sulfonamides is 1. The molecule has 4 rings (SSSR count). The summed E-state index contributed by atoms with van der Waals surface area (Å²) in [5.74, 6) is -0.914. The van der Waals surface area contributed by atoms with Crippen molar-refractivity contribution < 1.29 is 22.7 Å². The summed E-state index contributed by atoms with van der Waals surface area (Å²) >= 11 is 0. The second kappa shape index (κ2) is 11.4. The number of aryl methyl sites for hydroxylation is 1. The van der Waals surface area contributed by atoms with Gasteiger partial charge in [0.1, 0.15) is 6.54 Å². The lowest BCUT2D eigenvalue weighted by molar-refractivity contribution is -0.114. The molecular formula is C27H29N3O5S. The maximum Gasteiger partial charge on any atom is 0.264 e. The number of para-hydroxylation sites is 2. The van der Waals surface area contributed by atoms with Gasteiger partial charge in [-0.2, -0.15) is 0 Å². The third-order valence-corrected chi connectivity index (χ3v) is 7.69. The van der Waals surface area contributed by atoms with Crippen LogP contribution in [0.5, 0.6) is 0 Å². The molecule has 0 unspecified atom stereocenters. The molecule has 0 spiro atoms. The third kappa shape index (κ3) is 6.10. The zero-order valence-electron chi connectivity index (χ0n) is 20.0. The summed E-state index contributed by atoms with van der Waals surface area (Å²) < 4.78 is 33.6. The molecule has 0 bridgehead atoms. The van der Waals surface area contributed by atoms with Crippen LogP contribution in [0.1, 0.15) is 28.8 Å². The highest BCUT2D eigenvalue weighted by atomic mass is 32.2. The Balaban J connectivity index is 1.53. The van der Waals surface area contributed by atoms with Crippen LogP contribution >= 0.6 is 0 Å². The molecule has 0 aliphatic carbocycles. The highest BCUT2D eigenvalue weighted by molar-refractivity contribution is 7.92. The predicted octanol–water partition coefficient (Wildman–Crippen LogP) is 3.74. The predicted molar refractivity (Wildman–Crippen MR) is 139 cm³/mol. The van der Waals surface area contributed by atoms with E-state index in [-0.39, 0.29) is 22.5 Å². The van der Waals surface area contributed by atoms with Crippen LogP contribution in [0.4, 0.5) is 11.4 Å². The van der Waals surface area contributed by atoms with E-state index < -0.39 is 22.5 Å². The zero-order valence-corrected chi connectivity index (χ0v) is 20.8. The molecule has 1 aliphatic heterocycles. The van der Waals surface area contributed by atoms with Crippen molar-refractivity contribution in [1.82, 2.24) is 5.32 Å². The lowest BCUT2D eigenvalue weighted by Crippen LogP contribution is -2.38.